The molecule has 11 heteroatoms. The smallest absolute Gasteiger partial charge is 0.305 e. The van der Waals surface area contributed by atoms with Crippen LogP contribution in [-0.4, -0.2) is 52.8 Å². The number of carbonyl (C=O) groups is 1. The van der Waals surface area contributed by atoms with Gasteiger partial charge in [0.15, 0.2) is 5.16 Å². The van der Waals surface area contributed by atoms with E-state index >= 15 is 0 Å². The average Bonchev–Trinajstić information content (AvgIpc) is 3.19. The molecule has 0 saturated carbocycles. The van der Waals surface area contributed by atoms with E-state index in [0.717, 1.165) is 0 Å². The van der Waals surface area contributed by atoms with Gasteiger partial charge in [0.2, 0.25) is 11.2 Å². The zero-order chi connectivity index (χ0) is 19.5. The molecule has 4 rings (SSSR count). The van der Waals surface area contributed by atoms with E-state index in [2.05, 4.69) is 15.6 Å². The molecule has 3 heterocycles. The minimum Gasteiger partial charge on any atom is -0.377 e. The highest BCUT2D eigenvalue weighted by molar-refractivity contribution is 7.99. The third-order valence-corrected chi connectivity index (χ3v) is 5.30. The van der Waals surface area contributed by atoms with E-state index in [1.54, 1.807) is 36.2 Å². The van der Waals surface area contributed by atoms with Crippen LogP contribution in [-0.2, 0) is 16.6 Å². The lowest BCUT2D eigenvalue weighted by molar-refractivity contribution is -0.759. The first-order valence-corrected chi connectivity index (χ1v) is 9.70. The van der Waals surface area contributed by atoms with E-state index in [9.17, 15) is 9.59 Å². The maximum Gasteiger partial charge on any atom is 0.305 e. The first kappa shape index (κ1) is 18.4. The molecule has 1 fully saturated rings. The zero-order valence-corrected chi connectivity index (χ0v) is 16.0. The molecule has 0 bridgehead atoms. The third kappa shape index (κ3) is 3.85. The van der Waals surface area contributed by atoms with Gasteiger partial charge in [-0.3, -0.25) is 24.0 Å². The van der Waals surface area contributed by atoms with Gasteiger partial charge in [0.1, 0.15) is 0 Å². The van der Waals surface area contributed by atoms with Crippen LogP contribution in [0.1, 0.15) is 0 Å². The second kappa shape index (κ2) is 7.98. The quantitative estimate of drug-likeness (QED) is 0.358. The first-order chi connectivity index (χ1) is 13.6. The Morgan fingerprint density at radius 1 is 1.32 bits per heavy atom. The predicted octanol–water partition coefficient (Wildman–Crippen LogP) is -0.0920. The summed E-state index contributed by atoms with van der Waals surface area (Å²) in [6.07, 6.45) is 1.61. The monoisotopic (exact) mass is 403 g/mol. The summed E-state index contributed by atoms with van der Waals surface area (Å²) < 4.78 is 11.9. The van der Waals surface area contributed by atoms with Crippen molar-refractivity contribution >= 4 is 34.5 Å². The van der Waals surface area contributed by atoms with Crippen molar-refractivity contribution in [2.24, 2.45) is 7.05 Å². The van der Waals surface area contributed by atoms with E-state index in [1.807, 2.05) is 11.1 Å². The van der Waals surface area contributed by atoms with Crippen LogP contribution in [0, 0.1) is 0 Å². The number of anilines is 1. The Hall–Kier alpha value is -2.92. The van der Waals surface area contributed by atoms with Crippen molar-refractivity contribution in [1.82, 2.24) is 14.8 Å². The van der Waals surface area contributed by atoms with Gasteiger partial charge in [-0.15, -0.1) is 5.01 Å². The number of rotatable bonds is 5. The van der Waals surface area contributed by atoms with Crippen LogP contribution in [0.15, 0.2) is 44.9 Å². The number of benzene rings is 1. The normalized spacial score (nSPS) is 14.4. The molecule has 0 unspecified atom stereocenters. The molecule has 1 aromatic carbocycles. The summed E-state index contributed by atoms with van der Waals surface area (Å²) in [5, 5.41) is 9.54. The Morgan fingerprint density at radius 2 is 2.11 bits per heavy atom. The summed E-state index contributed by atoms with van der Waals surface area (Å²) in [5.41, 5.74) is 0.464. The summed E-state index contributed by atoms with van der Waals surface area (Å²) in [7, 11) is 1.64. The SMILES string of the molecule is Cn1c(SCC(=O)Nc2c[n+](N3CCOCC3)no2)nc2ccccc2c1=O. The minimum absolute atomic E-state index is 0.0802. The van der Waals surface area contributed by atoms with Gasteiger partial charge >= 0.3 is 5.88 Å². The Morgan fingerprint density at radius 3 is 2.93 bits per heavy atom. The van der Waals surface area contributed by atoms with Crippen LogP contribution in [0.5, 0.6) is 0 Å². The topological polar surface area (TPSA) is 106 Å². The second-order valence-corrected chi connectivity index (χ2v) is 7.11. The highest BCUT2D eigenvalue weighted by Crippen LogP contribution is 2.17. The number of ether oxygens (including phenoxy) is 1. The van der Waals surface area contributed by atoms with Crippen molar-refractivity contribution in [3.8, 4) is 0 Å². The molecule has 1 aliphatic rings. The molecule has 1 N–H and O–H groups in total. The lowest BCUT2D eigenvalue weighted by atomic mass is 10.2. The maximum absolute atomic E-state index is 12.4. The fraction of sp³-hybridized carbons (Fsp3) is 0.353. The molecule has 1 saturated heterocycles. The van der Waals surface area contributed by atoms with E-state index in [0.29, 0.717) is 42.4 Å². The molecule has 1 amide bonds. The standard InChI is InChI=1S/C17H18N6O4S/c1-21-16(25)12-4-2-3-5-13(12)18-17(21)28-11-14(24)19-15-10-23(20-27-15)22-6-8-26-9-7-22/h2-5,10H,6-9,11H2,1H3/p+1. The van der Waals surface area contributed by atoms with E-state index in [-0.39, 0.29) is 23.1 Å². The number of thioether (sulfide) groups is 1. The number of aromatic nitrogens is 4. The van der Waals surface area contributed by atoms with Gasteiger partial charge in [0.25, 0.3) is 11.8 Å². The number of para-hydroxylation sites is 1. The lowest BCUT2D eigenvalue weighted by Gasteiger charge is -2.18. The van der Waals surface area contributed by atoms with E-state index < -0.39 is 0 Å². The molecule has 0 spiro atoms. The predicted molar refractivity (Wildman–Crippen MR) is 102 cm³/mol. The number of hydrogen-bond acceptors (Lipinski definition) is 8. The summed E-state index contributed by atoms with van der Waals surface area (Å²) in [6, 6.07) is 7.13. The molecular formula is C17H19N6O4S+. The molecule has 2 aromatic heterocycles. The second-order valence-electron chi connectivity index (χ2n) is 6.17. The van der Waals surface area contributed by atoms with Gasteiger partial charge in [-0.05, 0) is 12.1 Å². The minimum atomic E-state index is -0.280. The number of hydrogen-bond donors (Lipinski definition) is 1. The number of morpholine rings is 1. The number of nitrogens with zero attached hydrogens (tertiary/aromatic N) is 5. The van der Waals surface area contributed by atoms with Crippen LogP contribution in [0.2, 0.25) is 0 Å². The fourth-order valence-corrected chi connectivity index (χ4v) is 3.59. The van der Waals surface area contributed by atoms with Gasteiger partial charge in [-0.2, -0.15) is 0 Å². The number of fused-ring (bicyclic) bond motifs is 1. The van der Waals surface area contributed by atoms with Crippen LogP contribution in [0.25, 0.3) is 10.9 Å². The summed E-state index contributed by atoms with van der Waals surface area (Å²) in [6.45, 7) is 2.63. The molecule has 0 radical (unpaired) electrons. The number of carbonyl (C=O) groups excluding carboxylic acids is 1. The highest BCUT2D eigenvalue weighted by Gasteiger charge is 2.23. The number of amides is 1. The average molecular weight is 403 g/mol. The molecule has 10 nitrogen and oxygen atoms in total. The summed E-state index contributed by atoms with van der Waals surface area (Å²) >= 11 is 1.18. The van der Waals surface area contributed by atoms with E-state index in [4.69, 9.17) is 9.26 Å². The zero-order valence-electron chi connectivity index (χ0n) is 15.2. The largest absolute Gasteiger partial charge is 0.377 e. The van der Waals surface area contributed by atoms with Crippen molar-refractivity contribution < 1.29 is 18.8 Å². The molecular weight excluding hydrogens is 384 g/mol. The number of nitrogens with one attached hydrogen (secondary N) is 1. The molecule has 0 atom stereocenters. The van der Waals surface area contributed by atoms with Crippen molar-refractivity contribution in [3.63, 3.8) is 0 Å². The molecule has 3 aromatic rings. The van der Waals surface area contributed by atoms with E-state index in [1.165, 1.54) is 16.3 Å². The van der Waals surface area contributed by atoms with Crippen LogP contribution < -0.4 is 20.7 Å². The van der Waals surface area contributed by atoms with Gasteiger partial charge in [-0.25, -0.2) is 4.98 Å². The molecule has 28 heavy (non-hydrogen) atoms. The third-order valence-electron chi connectivity index (χ3n) is 4.27. The molecule has 0 aliphatic carbocycles. The first-order valence-electron chi connectivity index (χ1n) is 8.72. The van der Waals surface area contributed by atoms with Gasteiger partial charge in [0.05, 0.1) is 47.7 Å². The van der Waals surface area contributed by atoms with Gasteiger partial charge < -0.3 is 4.74 Å². The van der Waals surface area contributed by atoms with Crippen LogP contribution >= 0.6 is 11.8 Å². The van der Waals surface area contributed by atoms with Crippen molar-refractivity contribution in [1.29, 1.82) is 0 Å². The Bertz CT molecular complexity index is 1060. The lowest BCUT2D eigenvalue weighted by Crippen LogP contribution is -2.62. The van der Waals surface area contributed by atoms with Crippen LogP contribution in [0.3, 0.4) is 0 Å². The van der Waals surface area contributed by atoms with Gasteiger partial charge in [0, 0.05) is 7.05 Å². The highest BCUT2D eigenvalue weighted by atomic mass is 32.2. The molecule has 146 valence electrons. The maximum atomic E-state index is 12.4. The van der Waals surface area contributed by atoms with Crippen LogP contribution in [0.4, 0.5) is 5.88 Å². The van der Waals surface area contributed by atoms with Crippen molar-refractivity contribution in [3.05, 3.63) is 40.8 Å². The summed E-state index contributed by atoms with van der Waals surface area (Å²) in [4.78, 5) is 30.7. The Balaban J connectivity index is 1.40. The fourth-order valence-electron chi connectivity index (χ4n) is 2.82. The molecule has 1 aliphatic heterocycles. The Kier molecular flexibility index (Phi) is 5.26. The van der Waals surface area contributed by atoms with Crippen molar-refractivity contribution in [2.75, 3.05) is 42.4 Å². The van der Waals surface area contributed by atoms with Crippen molar-refractivity contribution in [2.45, 2.75) is 5.16 Å². The Labute approximate surface area is 164 Å². The summed E-state index contributed by atoms with van der Waals surface area (Å²) in [5.74, 6) is 0.0480. The van der Waals surface area contributed by atoms with Gasteiger partial charge in [-0.1, -0.05) is 23.9 Å².